The summed E-state index contributed by atoms with van der Waals surface area (Å²) in [7, 11) is 3.03. The molecule has 0 bridgehead atoms. The molecular weight excluding hydrogens is 544 g/mol. The van der Waals surface area contributed by atoms with Gasteiger partial charge in [-0.2, -0.15) is 0 Å². The molecule has 4 aromatic carbocycles. The quantitative estimate of drug-likeness (QED) is 0.255. The Kier molecular flexibility index (Phi) is 6.53. The summed E-state index contributed by atoms with van der Waals surface area (Å²) in [5, 5.41) is 41.7. The Hall–Kier alpha value is -5.38. The second-order valence-corrected chi connectivity index (χ2v) is 10.1. The third-order valence-corrected chi connectivity index (χ3v) is 7.67. The summed E-state index contributed by atoms with van der Waals surface area (Å²) >= 11 is 0. The van der Waals surface area contributed by atoms with Crippen LogP contribution in [0.2, 0.25) is 0 Å². The molecule has 0 amide bonds. The lowest BCUT2D eigenvalue weighted by molar-refractivity contribution is 0.0129. The van der Waals surface area contributed by atoms with Gasteiger partial charge in [0.15, 0.2) is 11.6 Å². The molecule has 0 saturated heterocycles. The van der Waals surface area contributed by atoms with Crippen LogP contribution in [0.15, 0.2) is 72.8 Å². The fourth-order valence-corrected chi connectivity index (χ4v) is 5.72. The number of fused-ring (bicyclic) bond motifs is 2. The van der Waals surface area contributed by atoms with Crippen LogP contribution in [0.5, 0.6) is 46.0 Å². The Morgan fingerprint density at radius 3 is 1.26 bits per heavy atom. The number of phenols is 4. The average Bonchev–Trinajstić information content (AvgIpc) is 2.96. The van der Waals surface area contributed by atoms with Gasteiger partial charge < -0.3 is 39.4 Å². The van der Waals surface area contributed by atoms with Crippen molar-refractivity contribution in [2.75, 3.05) is 14.2 Å². The van der Waals surface area contributed by atoms with Crippen molar-refractivity contribution in [3.05, 3.63) is 95.1 Å². The van der Waals surface area contributed by atoms with E-state index < -0.39 is 47.1 Å². The molecule has 2 heterocycles. The van der Waals surface area contributed by atoms with Crippen molar-refractivity contribution < 1.29 is 49.0 Å². The Morgan fingerprint density at radius 1 is 0.571 bits per heavy atom. The topological polar surface area (TPSA) is 152 Å². The molecule has 4 atom stereocenters. The van der Waals surface area contributed by atoms with Crippen LogP contribution < -0.4 is 18.9 Å². The minimum Gasteiger partial charge on any atom is -0.508 e. The molecule has 6 rings (SSSR count). The van der Waals surface area contributed by atoms with Gasteiger partial charge in [-0.05, 0) is 35.4 Å². The van der Waals surface area contributed by atoms with Crippen molar-refractivity contribution >= 4 is 11.6 Å². The normalized spacial score (nSPS) is 21.0. The van der Waals surface area contributed by atoms with Crippen molar-refractivity contribution in [2.45, 2.75) is 12.2 Å². The summed E-state index contributed by atoms with van der Waals surface area (Å²) in [6.07, 6.45) is -2.15. The van der Waals surface area contributed by atoms with Crippen molar-refractivity contribution in [3.8, 4) is 46.0 Å². The first-order valence-corrected chi connectivity index (χ1v) is 13.0. The Balaban J connectivity index is 1.57. The molecule has 2 aliphatic heterocycles. The predicted molar refractivity (Wildman–Crippen MR) is 148 cm³/mol. The lowest BCUT2D eigenvalue weighted by Crippen LogP contribution is -2.45. The van der Waals surface area contributed by atoms with Gasteiger partial charge in [0.1, 0.15) is 69.3 Å². The second kappa shape index (κ2) is 10.2. The highest BCUT2D eigenvalue weighted by Crippen LogP contribution is 2.53. The van der Waals surface area contributed by atoms with Crippen LogP contribution in [0.1, 0.15) is 44.1 Å². The summed E-state index contributed by atoms with van der Waals surface area (Å²) < 4.78 is 23.1. The molecular formula is C32H26O10. The van der Waals surface area contributed by atoms with E-state index in [0.717, 1.165) is 12.1 Å². The van der Waals surface area contributed by atoms with Gasteiger partial charge in [-0.15, -0.1) is 0 Å². The zero-order valence-corrected chi connectivity index (χ0v) is 22.5. The highest BCUT2D eigenvalue weighted by molar-refractivity contribution is 6.11. The maximum absolute atomic E-state index is 14.4. The minimum absolute atomic E-state index is 0.0482. The van der Waals surface area contributed by atoms with Gasteiger partial charge in [0.2, 0.25) is 0 Å². The van der Waals surface area contributed by atoms with Crippen LogP contribution in [-0.4, -0.2) is 46.2 Å². The number of ketones is 2. The molecule has 0 aliphatic carbocycles. The molecule has 0 aromatic heterocycles. The lowest BCUT2D eigenvalue weighted by atomic mass is 9.69. The second-order valence-electron chi connectivity index (χ2n) is 10.1. The summed E-state index contributed by atoms with van der Waals surface area (Å²) in [5.74, 6) is -4.37. The number of methoxy groups -OCH3 is 2. The van der Waals surface area contributed by atoms with Crippen LogP contribution in [0.3, 0.4) is 0 Å². The molecule has 2 aliphatic rings. The van der Waals surface area contributed by atoms with Gasteiger partial charge in [0.25, 0.3) is 0 Å². The van der Waals surface area contributed by atoms with E-state index in [1.807, 2.05) is 0 Å². The first-order chi connectivity index (χ1) is 20.2. The van der Waals surface area contributed by atoms with Crippen molar-refractivity contribution in [2.24, 2.45) is 11.8 Å². The monoisotopic (exact) mass is 570 g/mol. The number of aromatic hydroxyl groups is 4. The number of rotatable bonds is 5. The van der Waals surface area contributed by atoms with E-state index in [2.05, 4.69) is 0 Å². The van der Waals surface area contributed by atoms with Gasteiger partial charge in [0.05, 0.1) is 26.1 Å². The molecule has 4 N–H and O–H groups in total. The van der Waals surface area contributed by atoms with Gasteiger partial charge in [-0.1, -0.05) is 24.3 Å². The Bertz CT molecular complexity index is 1570. The van der Waals surface area contributed by atoms with E-state index in [4.69, 9.17) is 18.9 Å². The summed E-state index contributed by atoms with van der Waals surface area (Å²) in [5.41, 5.74) is 0.656. The first-order valence-electron chi connectivity index (χ1n) is 13.0. The van der Waals surface area contributed by atoms with Crippen molar-refractivity contribution in [1.29, 1.82) is 0 Å². The molecule has 10 heteroatoms. The number of hydrogen-bond acceptors (Lipinski definition) is 10. The Labute approximate surface area is 239 Å². The fourth-order valence-electron chi connectivity index (χ4n) is 5.72. The molecule has 0 fully saturated rings. The van der Waals surface area contributed by atoms with Gasteiger partial charge in [-0.25, -0.2) is 0 Å². The van der Waals surface area contributed by atoms with Gasteiger partial charge in [-0.3, -0.25) is 9.59 Å². The average molecular weight is 571 g/mol. The number of carbonyl (C=O) groups excluding carboxylic acids is 2. The summed E-state index contributed by atoms with van der Waals surface area (Å²) in [6.45, 7) is 0. The van der Waals surface area contributed by atoms with E-state index in [0.29, 0.717) is 22.6 Å². The van der Waals surface area contributed by atoms with Crippen LogP contribution >= 0.6 is 0 Å². The van der Waals surface area contributed by atoms with Crippen LogP contribution in [0, 0.1) is 11.8 Å². The zero-order valence-electron chi connectivity index (χ0n) is 22.5. The van der Waals surface area contributed by atoms with E-state index in [1.165, 1.54) is 26.4 Å². The molecule has 10 nitrogen and oxygen atoms in total. The van der Waals surface area contributed by atoms with Gasteiger partial charge in [0, 0.05) is 24.3 Å². The SMILES string of the molecule is COc1ccc([C@H]2Oc3cc(O)cc(O)c3C(=O)[C@H]2[C@@H]2C(=O)c3c(O)cc(O)cc3O[C@@H]2c2ccc(OC)cc2)cc1. The molecule has 0 unspecified atom stereocenters. The molecule has 0 spiro atoms. The molecule has 0 radical (unpaired) electrons. The molecule has 42 heavy (non-hydrogen) atoms. The Morgan fingerprint density at radius 2 is 0.929 bits per heavy atom. The number of benzene rings is 4. The largest absolute Gasteiger partial charge is 0.508 e. The number of carbonyl (C=O) groups is 2. The standard InChI is InChI=1S/C32H26O10/c1-39-19-7-3-15(4-8-19)31-27(29(37)25-21(35)11-17(33)13-23(25)41-31)28-30(38)26-22(36)12-18(34)14-24(26)42-32(28)16-5-9-20(40-2)10-6-16/h3-14,27-28,31-36H,1-2H3/t27-,28-,31-,32-/m1/s1. The fraction of sp³-hybridized carbons (Fsp3) is 0.188. The highest BCUT2D eigenvalue weighted by Gasteiger charge is 2.53. The predicted octanol–water partition coefficient (Wildman–Crippen LogP) is 5.09. The van der Waals surface area contributed by atoms with Gasteiger partial charge >= 0.3 is 0 Å². The van der Waals surface area contributed by atoms with Crippen molar-refractivity contribution in [3.63, 3.8) is 0 Å². The molecule has 214 valence electrons. The van der Waals surface area contributed by atoms with Crippen LogP contribution in [-0.2, 0) is 0 Å². The third-order valence-electron chi connectivity index (χ3n) is 7.67. The number of ether oxygens (including phenoxy) is 4. The lowest BCUT2D eigenvalue weighted by Gasteiger charge is -2.42. The first kappa shape index (κ1) is 26.8. The summed E-state index contributed by atoms with van der Waals surface area (Å²) in [6, 6.07) is 18.0. The maximum atomic E-state index is 14.4. The highest BCUT2D eigenvalue weighted by atomic mass is 16.5. The van der Waals surface area contributed by atoms with E-state index >= 15 is 0 Å². The third kappa shape index (κ3) is 4.37. The van der Waals surface area contributed by atoms with Crippen molar-refractivity contribution in [1.82, 2.24) is 0 Å². The van der Waals surface area contributed by atoms with E-state index in [-0.39, 0.29) is 34.1 Å². The van der Waals surface area contributed by atoms with Crippen LogP contribution in [0.4, 0.5) is 0 Å². The molecule has 4 aromatic rings. The zero-order chi connectivity index (χ0) is 29.7. The maximum Gasteiger partial charge on any atom is 0.178 e. The minimum atomic E-state index is -1.26. The van der Waals surface area contributed by atoms with E-state index in [1.54, 1.807) is 48.5 Å². The number of phenolic OH excluding ortho intramolecular Hbond substituents is 4. The molecule has 0 saturated carbocycles. The smallest absolute Gasteiger partial charge is 0.178 e. The number of Topliss-reactive ketones (excluding diaryl/α,β-unsaturated/α-hetero) is 2. The van der Waals surface area contributed by atoms with E-state index in [9.17, 15) is 30.0 Å². The number of hydrogen-bond donors (Lipinski definition) is 4. The summed E-state index contributed by atoms with van der Waals surface area (Å²) in [4.78, 5) is 28.7. The van der Waals surface area contributed by atoms with Crippen LogP contribution in [0.25, 0.3) is 0 Å².